The van der Waals surface area contributed by atoms with Crippen molar-refractivity contribution in [3.63, 3.8) is 0 Å². The Morgan fingerprint density at radius 3 is 2.40 bits per heavy atom. The molecule has 2 fully saturated rings. The third-order valence-corrected chi connectivity index (χ3v) is 10.9. The van der Waals surface area contributed by atoms with Crippen LogP contribution in [-0.2, 0) is 25.5 Å². The SMILES string of the molecule is CC[C@H]1OC(=O)[C@H](C)[C@@H](O)[C@H](C)[C@@H](O[C@@H]2O[C@H](C)C[C@H](N(C)C)[C@H]2O)[C@](C)(O)C[C@@H](C)CN(CCCNCc2ncc[nH]2)[C@H](C)[C@@H](O)[C@]1(C)O. The fourth-order valence-electron chi connectivity index (χ4n) is 7.91. The van der Waals surface area contributed by atoms with Gasteiger partial charge in [0.2, 0.25) is 0 Å². The molecule has 0 aliphatic carbocycles. The van der Waals surface area contributed by atoms with Gasteiger partial charge in [-0.15, -0.1) is 0 Å². The van der Waals surface area contributed by atoms with Crippen molar-refractivity contribution < 1.29 is 44.5 Å². The van der Waals surface area contributed by atoms with E-state index in [0.29, 0.717) is 32.6 Å². The Hall–Kier alpha value is -1.72. The van der Waals surface area contributed by atoms with E-state index < -0.39 is 71.9 Å². The van der Waals surface area contributed by atoms with Gasteiger partial charge in [-0.1, -0.05) is 20.8 Å². The molecule has 1 aromatic heterocycles. The van der Waals surface area contributed by atoms with Crippen molar-refractivity contribution in [2.24, 2.45) is 17.8 Å². The van der Waals surface area contributed by atoms with Crippen LogP contribution in [0.25, 0.3) is 0 Å². The van der Waals surface area contributed by atoms with Crippen LogP contribution in [0.5, 0.6) is 0 Å². The van der Waals surface area contributed by atoms with Gasteiger partial charge in [0, 0.05) is 36.9 Å². The summed E-state index contributed by atoms with van der Waals surface area (Å²) in [5.41, 5.74) is -3.35. The minimum absolute atomic E-state index is 0.149. The second-order valence-corrected chi connectivity index (χ2v) is 15.7. The molecule has 50 heavy (non-hydrogen) atoms. The molecule has 0 bridgehead atoms. The van der Waals surface area contributed by atoms with E-state index in [4.69, 9.17) is 14.2 Å². The van der Waals surface area contributed by atoms with Crippen LogP contribution < -0.4 is 5.32 Å². The molecule has 2 aliphatic heterocycles. The summed E-state index contributed by atoms with van der Waals surface area (Å²) < 4.78 is 18.4. The van der Waals surface area contributed by atoms with Gasteiger partial charge in [0.05, 0.1) is 36.4 Å². The van der Waals surface area contributed by atoms with Crippen LogP contribution in [-0.4, -0.2) is 151 Å². The molecule has 2 saturated heterocycles. The van der Waals surface area contributed by atoms with E-state index in [1.165, 1.54) is 13.8 Å². The van der Waals surface area contributed by atoms with E-state index in [0.717, 1.165) is 12.2 Å². The van der Waals surface area contributed by atoms with Crippen molar-refractivity contribution in [1.82, 2.24) is 25.1 Å². The molecule has 0 spiro atoms. The smallest absolute Gasteiger partial charge is 0.311 e. The van der Waals surface area contributed by atoms with Crippen LogP contribution in [0.3, 0.4) is 0 Å². The number of aromatic amines is 1. The topological polar surface area (TPSA) is 193 Å². The summed E-state index contributed by atoms with van der Waals surface area (Å²) in [5.74, 6) is -1.93. The summed E-state index contributed by atoms with van der Waals surface area (Å²) in [6.45, 7) is 16.2. The number of carbonyl (C=O) groups is 1. The number of nitrogens with one attached hydrogen (secondary N) is 2. The van der Waals surface area contributed by atoms with Crippen molar-refractivity contribution in [2.75, 3.05) is 33.7 Å². The molecular weight excluding hydrogens is 646 g/mol. The largest absolute Gasteiger partial charge is 0.459 e. The maximum Gasteiger partial charge on any atom is 0.311 e. The summed E-state index contributed by atoms with van der Waals surface area (Å²) >= 11 is 0. The van der Waals surface area contributed by atoms with Gasteiger partial charge in [0.15, 0.2) is 6.29 Å². The molecule has 14 heteroatoms. The van der Waals surface area contributed by atoms with Crippen LogP contribution in [0.4, 0.5) is 0 Å². The Kier molecular flexibility index (Phi) is 15.7. The highest BCUT2D eigenvalue weighted by atomic mass is 16.7. The van der Waals surface area contributed by atoms with E-state index in [1.54, 1.807) is 33.2 Å². The fourth-order valence-corrected chi connectivity index (χ4v) is 7.91. The first-order chi connectivity index (χ1) is 23.3. The number of carbonyl (C=O) groups excluding carboxylic acids is 1. The Balaban J connectivity index is 1.96. The standard InChI is InChI=1S/C36H67N5O9/c1-11-27-36(8,47)31(44)25(6)41(16-12-13-37-19-28-38-14-15-39-28)20-21(2)18-35(7,46)32(23(4)29(42)24(5)33(45)49-27)50-34-30(43)26(40(9)10)17-22(3)48-34/h14-15,21-27,29-32,34,37,42-44,46-47H,11-13,16-20H2,1-10H3,(H,38,39)/t21-,22-,23+,24-,25-,26+,27-,29+,30-,31-,32-,34+,35-,36-/m1/s1. The zero-order chi connectivity index (χ0) is 37.6. The second-order valence-electron chi connectivity index (χ2n) is 15.7. The predicted molar refractivity (Wildman–Crippen MR) is 189 cm³/mol. The highest BCUT2D eigenvalue weighted by Gasteiger charge is 2.50. The Morgan fingerprint density at radius 1 is 1.12 bits per heavy atom. The maximum absolute atomic E-state index is 13.6. The molecule has 7 N–H and O–H groups in total. The van der Waals surface area contributed by atoms with Gasteiger partial charge in [0.25, 0.3) is 0 Å². The number of aliphatic hydroxyl groups excluding tert-OH is 3. The normalized spacial score (nSPS) is 41.8. The quantitative estimate of drug-likeness (QED) is 0.136. The Labute approximate surface area is 298 Å². The average Bonchev–Trinajstić information content (AvgIpc) is 3.57. The lowest BCUT2D eigenvalue weighted by Crippen LogP contribution is -2.59. The van der Waals surface area contributed by atoms with Crippen LogP contribution in [0.1, 0.15) is 86.9 Å². The lowest BCUT2D eigenvalue weighted by atomic mass is 9.78. The van der Waals surface area contributed by atoms with Crippen LogP contribution in [0.2, 0.25) is 0 Å². The molecule has 2 aliphatic rings. The molecule has 1 aromatic rings. The van der Waals surface area contributed by atoms with Crippen molar-refractivity contribution in [1.29, 1.82) is 0 Å². The number of H-pyrrole nitrogens is 1. The molecule has 0 radical (unpaired) electrons. The molecule has 3 rings (SSSR count). The van der Waals surface area contributed by atoms with Gasteiger partial charge in [-0.2, -0.15) is 0 Å². The van der Waals surface area contributed by atoms with Crippen molar-refractivity contribution >= 4 is 5.97 Å². The monoisotopic (exact) mass is 713 g/mol. The molecule has 14 atom stereocenters. The maximum atomic E-state index is 13.6. The van der Waals surface area contributed by atoms with Gasteiger partial charge in [-0.05, 0) is 93.4 Å². The summed E-state index contributed by atoms with van der Waals surface area (Å²) in [6, 6.07) is -0.803. The highest BCUT2D eigenvalue weighted by molar-refractivity contribution is 5.73. The van der Waals surface area contributed by atoms with E-state index in [1.807, 2.05) is 39.8 Å². The molecule has 290 valence electrons. The number of cyclic esters (lactones) is 1. The number of nitrogens with zero attached hydrogens (tertiary/aromatic N) is 3. The zero-order valence-corrected chi connectivity index (χ0v) is 32.0. The van der Waals surface area contributed by atoms with E-state index in [2.05, 4.69) is 20.2 Å². The number of aromatic nitrogens is 2. The summed E-state index contributed by atoms with van der Waals surface area (Å²) in [7, 11) is 3.76. The van der Waals surface area contributed by atoms with Gasteiger partial charge < -0.3 is 54.9 Å². The third-order valence-electron chi connectivity index (χ3n) is 10.9. The number of imidazole rings is 1. The molecule has 3 heterocycles. The van der Waals surface area contributed by atoms with Crippen molar-refractivity contribution in [3.8, 4) is 0 Å². The third kappa shape index (κ3) is 10.7. The van der Waals surface area contributed by atoms with Crippen LogP contribution in [0.15, 0.2) is 12.4 Å². The molecule has 0 aromatic carbocycles. The van der Waals surface area contributed by atoms with Gasteiger partial charge in [-0.3, -0.25) is 9.69 Å². The van der Waals surface area contributed by atoms with Gasteiger partial charge >= 0.3 is 5.97 Å². The van der Waals surface area contributed by atoms with Crippen molar-refractivity contribution in [3.05, 3.63) is 18.2 Å². The number of likely N-dealkylation sites (N-methyl/N-ethyl adjacent to an activating group) is 1. The Morgan fingerprint density at radius 2 is 1.80 bits per heavy atom. The summed E-state index contributed by atoms with van der Waals surface area (Å²) in [6.07, 6.45) is -1.81. The zero-order valence-electron chi connectivity index (χ0n) is 32.0. The van der Waals surface area contributed by atoms with E-state index in [9.17, 15) is 30.3 Å². The Bertz CT molecular complexity index is 1160. The van der Waals surface area contributed by atoms with Crippen LogP contribution in [0, 0.1) is 17.8 Å². The molecule has 0 unspecified atom stereocenters. The lowest BCUT2D eigenvalue weighted by Gasteiger charge is -2.46. The van der Waals surface area contributed by atoms with Gasteiger partial charge in [0.1, 0.15) is 29.7 Å². The number of hydrogen-bond acceptors (Lipinski definition) is 13. The first-order valence-electron chi connectivity index (χ1n) is 18.4. The van der Waals surface area contributed by atoms with Gasteiger partial charge in [-0.25, -0.2) is 4.98 Å². The molecule has 0 amide bonds. The molecular formula is C36H67N5O9. The molecule has 0 saturated carbocycles. The first-order valence-corrected chi connectivity index (χ1v) is 18.4. The summed E-state index contributed by atoms with van der Waals surface area (Å²) in [4.78, 5) is 24.9. The number of aliphatic hydroxyl groups is 5. The number of rotatable bonds is 10. The minimum Gasteiger partial charge on any atom is -0.459 e. The fraction of sp³-hybridized carbons (Fsp3) is 0.889. The second kappa shape index (κ2) is 18.4. The predicted octanol–water partition coefficient (Wildman–Crippen LogP) is 1.25. The minimum atomic E-state index is -1.80. The van der Waals surface area contributed by atoms with Crippen molar-refractivity contribution in [2.45, 2.75) is 154 Å². The molecule has 14 nitrogen and oxygen atoms in total. The number of hydrogen-bond donors (Lipinski definition) is 7. The van der Waals surface area contributed by atoms with Crippen LogP contribution >= 0.6 is 0 Å². The first kappa shape index (κ1) is 42.7. The average molecular weight is 714 g/mol. The van der Waals surface area contributed by atoms with E-state index >= 15 is 0 Å². The number of ether oxygens (including phenoxy) is 3. The van der Waals surface area contributed by atoms with E-state index in [-0.39, 0.29) is 30.9 Å². The lowest BCUT2D eigenvalue weighted by molar-refractivity contribution is -0.299. The number of esters is 1. The summed E-state index contributed by atoms with van der Waals surface area (Å²) in [5, 5.41) is 62.0. The highest BCUT2D eigenvalue weighted by Crippen LogP contribution is 2.36.